The van der Waals surface area contributed by atoms with Crippen LogP contribution in [0.1, 0.15) is 47.5 Å². The Morgan fingerprint density at radius 2 is 1.84 bits per heavy atom. The van der Waals surface area contributed by atoms with Gasteiger partial charge in [-0.25, -0.2) is 0 Å². The largest absolute Gasteiger partial charge is 0.468 e. The Hall–Kier alpha value is -0.963. The molecule has 0 amide bonds. The molecule has 1 unspecified atom stereocenters. The van der Waals surface area contributed by atoms with Crippen molar-refractivity contribution in [1.29, 1.82) is 0 Å². The average molecular weight is 456 g/mol. The van der Waals surface area contributed by atoms with Crippen LogP contribution in [-0.4, -0.2) is 77.3 Å². The second kappa shape index (κ2) is 8.11. The lowest BCUT2D eigenvalue weighted by Gasteiger charge is -2.51. The second-order valence-electron chi connectivity index (χ2n) is 11.2. The van der Waals surface area contributed by atoms with E-state index in [4.69, 9.17) is 18.6 Å². The Kier molecular flexibility index (Phi) is 6.46. The van der Waals surface area contributed by atoms with Crippen LogP contribution in [0.25, 0.3) is 0 Å². The van der Waals surface area contributed by atoms with E-state index in [0.29, 0.717) is 13.0 Å². The minimum absolute atomic E-state index is 0.0145. The zero-order valence-corrected chi connectivity index (χ0v) is 21.7. The van der Waals surface area contributed by atoms with Gasteiger partial charge in [0.05, 0.1) is 19.3 Å². The highest BCUT2D eigenvalue weighted by molar-refractivity contribution is 6.74. The van der Waals surface area contributed by atoms with Gasteiger partial charge in [-0.15, -0.1) is 0 Å². The van der Waals surface area contributed by atoms with E-state index < -0.39 is 13.7 Å². The van der Waals surface area contributed by atoms with Gasteiger partial charge in [0.25, 0.3) is 0 Å². The van der Waals surface area contributed by atoms with Crippen LogP contribution in [0.15, 0.2) is 0 Å². The first kappa shape index (κ1) is 24.7. The molecule has 0 N–H and O–H groups in total. The lowest BCUT2D eigenvalue weighted by atomic mass is 9.65. The summed E-state index contributed by atoms with van der Waals surface area (Å²) < 4.78 is 23.9. The first-order valence-electron chi connectivity index (χ1n) is 11.5. The maximum absolute atomic E-state index is 13.5. The smallest absolute Gasteiger partial charge is 0.316 e. The quantitative estimate of drug-likeness (QED) is 0.431. The summed E-state index contributed by atoms with van der Waals surface area (Å²) in [5.41, 5.74) is -1.10. The van der Waals surface area contributed by atoms with Gasteiger partial charge in [-0.05, 0) is 43.4 Å². The van der Waals surface area contributed by atoms with Gasteiger partial charge in [0.2, 0.25) is 0 Å². The number of methoxy groups -OCH3 is 2. The van der Waals surface area contributed by atoms with Gasteiger partial charge >= 0.3 is 11.9 Å². The normalized spacial score (nSPS) is 37.7. The lowest BCUT2D eigenvalue weighted by molar-refractivity contribution is -0.179. The molecule has 1 heterocycles. The number of carbonyl (C=O) groups excluding carboxylic acids is 2. The van der Waals surface area contributed by atoms with Gasteiger partial charge < -0.3 is 18.6 Å². The van der Waals surface area contributed by atoms with Gasteiger partial charge in [0, 0.05) is 32.6 Å². The highest BCUT2D eigenvalue weighted by Crippen LogP contribution is 2.68. The minimum Gasteiger partial charge on any atom is -0.468 e. The van der Waals surface area contributed by atoms with Crippen LogP contribution < -0.4 is 0 Å². The molecule has 0 radical (unpaired) electrons. The van der Waals surface area contributed by atoms with E-state index in [-0.39, 0.29) is 46.6 Å². The summed E-state index contributed by atoms with van der Waals surface area (Å²) in [6.07, 6.45) is 0.734. The van der Waals surface area contributed by atoms with Crippen molar-refractivity contribution in [1.82, 2.24) is 4.90 Å². The van der Waals surface area contributed by atoms with Gasteiger partial charge in [-0.3, -0.25) is 14.5 Å². The van der Waals surface area contributed by atoms with Gasteiger partial charge in [-0.2, -0.15) is 0 Å². The predicted molar refractivity (Wildman–Crippen MR) is 120 cm³/mol. The molecule has 3 aliphatic rings. The zero-order valence-electron chi connectivity index (χ0n) is 20.7. The van der Waals surface area contributed by atoms with Crippen molar-refractivity contribution < 1.29 is 28.2 Å². The lowest BCUT2D eigenvalue weighted by Crippen LogP contribution is -2.64. The molecule has 2 aliphatic carbocycles. The third kappa shape index (κ3) is 3.58. The number of likely N-dealkylation sites (N-methyl/N-ethyl adjacent to an activating group) is 1. The summed E-state index contributed by atoms with van der Waals surface area (Å²) in [6, 6.07) is -0.243. The number of carbonyl (C=O) groups is 2. The number of rotatable bonds is 7. The average Bonchev–Trinajstić information content (AvgIpc) is 3.04. The Balaban J connectivity index is 2.08. The molecule has 1 aliphatic heterocycles. The molecule has 0 aromatic heterocycles. The molecule has 7 nitrogen and oxygen atoms in total. The molecule has 8 heteroatoms. The number of esters is 2. The van der Waals surface area contributed by atoms with Crippen molar-refractivity contribution >= 4 is 20.3 Å². The first-order chi connectivity index (χ1) is 14.3. The van der Waals surface area contributed by atoms with Crippen LogP contribution in [0.2, 0.25) is 18.1 Å². The number of likely N-dealkylation sites (tertiary alicyclic amines) is 1. The van der Waals surface area contributed by atoms with Crippen LogP contribution in [0.3, 0.4) is 0 Å². The SMILES string of the molecule is CCN1C[C@]2(CO[Si](C)(C)C(C)(C)C)C[C@H](OC)[C@]3(C(=O)OC)C1[C@H](OC(C)=O)C[C@H]23. The number of hydrogen-bond acceptors (Lipinski definition) is 7. The summed E-state index contributed by atoms with van der Waals surface area (Å²) in [5.74, 6) is -0.583. The highest BCUT2D eigenvalue weighted by atomic mass is 28.4. The zero-order chi connectivity index (χ0) is 23.4. The fraction of sp³-hybridized carbons (Fsp3) is 0.913. The third-order valence-corrected chi connectivity index (χ3v) is 13.2. The Morgan fingerprint density at radius 3 is 2.32 bits per heavy atom. The first-order valence-corrected chi connectivity index (χ1v) is 14.4. The fourth-order valence-corrected chi connectivity index (χ4v) is 7.45. The van der Waals surface area contributed by atoms with E-state index in [1.54, 1.807) is 7.11 Å². The van der Waals surface area contributed by atoms with Crippen LogP contribution in [-0.2, 0) is 28.2 Å². The van der Waals surface area contributed by atoms with Crippen LogP contribution in [0.5, 0.6) is 0 Å². The molecule has 1 saturated heterocycles. The molecule has 4 bridgehead atoms. The Labute approximate surface area is 188 Å². The van der Waals surface area contributed by atoms with Gasteiger partial charge in [-0.1, -0.05) is 27.7 Å². The standard InChI is InChI=1S/C23H41NO6Si/c1-10-24-13-22(14-29-31(8,9)21(3,4)5)12-18(27-6)23(20(26)28-7)17(22)11-16(19(23)24)30-15(2)25/h16-19H,10-14H2,1-9H3/t16-,17-,18+,19?,22+,23+/m1/s1. The predicted octanol–water partition coefficient (Wildman–Crippen LogP) is 3.23. The number of hydrogen-bond donors (Lipinski definition) is 0. The van der Waals surface area contributed by atoms with E-state index in [9.17, 15) is 9.59 Å². The molecule has 178 valence electrons. The van der Waals surface area contributed by atoms with Crippen molar-refractivity contribution in [3.63, 3.8) is 0 Å². The molecule has 6 atom stereocenters. The van der Waals surface area contributed by atoms with Crippen LogP contribution >= 0.6 is 0 Å². The fourth-order valence-electron chi connectivity index (χ4n) is 6.37. The van der Waals surface area contributed by atoms with E-state index in [0.717, 1.165) is 19.5 Å². The highest BCUT2D eigenvalue weighted by Gasteiger charge is 2.79. The van der Waals surface area contributed by atoms with E-state index in [1.807, 2.05) is 0 Å². The number of nitrogens with zero attached hydrogens (tertiary/aromatic N) is 1. The molecular formula is C23H41NO6Si. The molecule has 0 spiro atoms. The summed E-state index contributed by atoms with van der Waals surface area (Å²) in [6.45, 7) is 16.9. The van der Waals surface area contributed by atoms with Crippen molar-refractivity contribution in [3.05, 3.63) is 0 Å². The summed E-state index contributed by atoms with van der Waals surface area (Å²) >= 11 is 0. The summed E-state index contributed by atoms with van der Waals surface area (Å²) in [5, 5.41) is 0.0972. The topological polar surface area (TPSA) is 74.3 Å². The van der Waals surface area contributed by atoms with Crippen molar-refractivity contribution in [2.75, 3.05) is 33.9 Å². The van der Waals surface area contributed by atoms with Crippen molar-refractivity contribution in [3.8, 4) is 0 Å². The van der Waals surface area contributed by atoms with E-state index >= 15 is 0 Å². The van der Waals surface area contributed by atoms with Crippen molar-refractivity contribution in [2.45, 2.75) is 83.8 Å². The molecular weight excluding hydrogens is 414 g/mol. The number of ether oxygens (including phenoxy) is 3. The minimum atomic E-state index is -1.99. The maximum atomic E-state index is 13.5. The van der Waals surface area contributed by atoms with Crippen LogP contribution in [0, 0.1) is 16.7 Å². The third-order valence-electron chi connectivity index (χ3n) is 8.74. The van der Waals surface area contributed by atoms with E-state index in [1.165, 1.54) is 14.0 Å². The van der Waals surface area contributed by atoms with Crippen molar-refractivity contribution in [2.24, 2.45) is 16.7 Å². The molecule has 3 rings (SSSR count). The molecule has 0 aromatic rings. The monoisotopic (exact) mass is 455 g/mol. The molecule has 3 fully saturated rings. The van der Waals surface area contributed by atoms with Gasteiger partial charge in [0.15, 0.2) is 8.32 Å². The Bertz CT molecular complexity index is 721. The maximum Gasteiger partial charge on any atom is 0.316 e. The second-order valence-corrected chi connectivity index (χ2v) is 16.0. The van der Waals surface area contributed by atoms with Crippen LogP contribution in [0.4, 0.5) is 0 Å². The van der Waals surface area contributed by atoms with Gasteiger partial charge in [0.1, 0.15) is 11.5 Å². The molecule has 31 heavy (non-hydrogen) atoms. The molecule has 0 aromatic carbocycles. The number of piperidine rings is 1. The summed E-state index contributed by atoms with van der Waals surface area (Å²) in [4.78, 5) is 27.7. The van der Waals surface area contributed by atoms with E-state index in [2.05, 4.69) is 45.7 Å². The Morgan fingerprint density at radius 1 is 1.19 bits per heavy atom. The summed E-state index contributed by atoms with van der Waals surface area (Å²) in [7, 11) is 1.13. The molecule has 2 saturated carbocycles.